The molecule has 3 aromatic heterocycles. The minimum absolute atomic E-state index is 0.138. The highest BCUT2D eigenvalue weighted by Gasteiger charge is 2.20. The van der Waals surface area contributed by atoms with Crippen LogP contribution in [0.2, 0.25) is 0 Å². The van der Waals surface area contributed by atoms with Gasteiger partial charge in [0, 0.05) is 36.7 Å². The summed E-state index contributed by atoms with van der Waals surface area (Å²) < 4.78 is 18.8. The molecule has 2 aliphatic rings. The van der Waals surface area contributed by atoms with Crippen molar-refractivity contribution in [3.05, 3.63) is 59.9 Å². The van der Waals surface area contributed by atoms with Gasteiger partial charge in [0.25, 0.3) is 5.91 Å². The molecular weight excluding hydrogens is 496 g/mol. The Labute approximate surface area is 227 Å². The van der Waals surface area contributed by atoms with Crippen molar-refractivity contribution in [1.29, 1.82) is 0 Å². The van der Waals surface area contributed by atoms with Gasteiger partial charge in [-0.15, -0.1) is 0 Å². The number of likely N-dealkylation sites (tertiary alicyclic amines) is 1. The maximum absolute atomic E-state index is 13.2. The summed E-state index contributed by atoms with van der Waals surface area (Å²) in [6.07, 6.45) is 9.82. The first-order chi connectivity index (χ1) is 19.1. The number of imidazole rings is 1. The Morgan fingerprint density at radius 3 is 2.92 bits per heavy atom. The van der Waals surface area contributed by atoms with Crippen molar-refractivity contribution in [3.8, 4) is 17.1 Å². The van der Waals surface area contributed by atoms with Gasteiger partial charge in [-0.3, -0.25) is 9.20 Å². The summed E-state index contributed by atoms with van der Waals surface area (Å²) in [5, 5.41) is 7.16. The van der Waals surface area contributed by atoms with E-state index in [1.807, 2.05) is 43.5 Å². The fourth-order valence-corrected chi connectivity index (χ4v) is 5.24. The first-order valence-corrected chi connectivity index (χ1v) is 13.8. The van der Waals surface area contributed by atoms with Crippen molar-refractivity contribution in [3.63, 3.8) is 0 Å². The summed E-state index contributed by atoms with van der Waals surface area (Å²) in [7, 11) is 0. The Balaban J connectivity index is 1.10. The Bertz CT molecular complexity index is 1430. The summed E-state index contributed by atoms with van der Waals surface area (Å²) in [5.41, 5.74) is 3.47. The highest BCUT2D eigenvalue weighted by Crippen LogP contribution is 2.26. The van der Waals surface area contributed by atoms with Gasteiger partial charge in [0.05, 0.1) is 25.3 Å². The lowest BCUT2D eigenvalue weighted by Crippen LogP contribution is -2.21. The molecule has 39 heavy (non-hydrogen) atoms. The summed E-state index contributed by atoms with van der Waals surface area (Å²) in [4.78, 5) is 24.7. The van der Waals surface area contributed by atoms with E-state index in [-0.39, 0.29) is 12.0 Å². The first-order valence-electron chi connectivity index (χ1n) is 13.8. The molecule has 1 N–H and O–H groups in total. The number of anilines is 1. The van der Waals surface area contributed by atoms with Gasteiger partial charge in [-0.1, -0.05) is 17.3 Å². The molecule has 10 nitrogen and oxygen atoms in total. The number of carbonyl (C=O) groups excluding carboxylic acids is 1. The second kappa shape index (κ2) is 11.5. The molecule has 1 amide bonds. The van der Waals surface area contributed by atoms with Gasteiger partial charge in [0.2, 0.25) is 11.7 Å². The molecule has 0 spiro atoms. The predicted molar refractivity (Wildman–Crippen MR) is 146 cm³/mol. The van der Waals surface area contributed by atoms with Crippen LogP contribution < -0.4 is 10.1 Å². The van der Waals surface area contributed by atoms with Crippen molar-refractivity contribution in [2.24, 2.45) is 0 Å². The van der Waals surface area contributed by atoms with Crippen LogP contribution in [0.4, 0.5) is 5.69 Å². The molecule has 2 fully saturated rings. The van der Waals surface area contributed by atoms with Crippen LogP contribution in [-0.2, 0) is 11.2 Å². The highest BCUT2D eigenvalue weighted by atomic mass is 16.5. The Morgan fingerprint density at radius 1 is 1.18 bits per heavy atom. The standard InChI is InChI=1S/C29H34N6O4/c1-20-7-8-21(28-32-27(39-33-28)18-22-6-4-14-37-22)16-24(20)31-29(36)25-19-30-26-17-23(9-13-35(25)26)38-15-5-12-34-10-2-3-11-34/h7-9,13,16-17,19,22H,2-6,10-12,14-15,18H2,1H3,(H,31,36)/t22-/m0/s1. The summed E-state index contributed by atoms with van der Waals surface area (Å²) >= 11 is 0. The Kier molecular flexibility index (Phi) is 7.55. The van der Waals surface area contributed by atoms with E-state index in [4.69, 9.17) is 14.0 Å². The molecule has 2 aliphatic heterocycles. The maximum Gasteiger partial charge on any atom is 0.274 e. The molecule has 0 bridgehead atoms. The van der Waals surface area contributed by atoms with Crippen LogP contribution in [0.15, 0.2) is 47.2 Å². The lowest BCUT2D eigenvalue weighted by atomic mass is 10.1. The molecule has 0 saturated carbocycles. The van der Waals surface area contributed by atoms with Crippen LogP contribution in [-0.4, -0.2) is 69.3 Å². The number of pyridine rings is 1. The first kappa shape index (κ1) is 25.5. The van der Waals surface area contributed by atoms with Crippen molar-refractivity contribution >= 4 is 17.2 Å². The number of aryl methyl sites for hydroxylation is 1. The second-order valence-electron chi connectivity index (χ2n) is 10.3. The summed E-state index contributed by atoms with van der Waals surface area (Å²) in [5.74, 6) is 1.54. The number of aromatic nitrogens is 4. The molecule has 1 atom stereocenters. The number of hydrogen-bond acceptors (Lipinski definition) is 8. The van der Waals surface area contributed by atoms with E-state index in [2.05, 4.69) is 25.3 Å². The van der Waals surface area contributed by atoms with Crippen LogP contribution in [0.1, 0.15) is 54.0 Å². The monoisotopic (exact) mass is 530 g/mol. The SMILES string of the molecule is Cc1ccc(-c2noc(C[C@@H]3CCCO3)n2)cc1NC(=O)c1cnc2cc(OCCCN3CCCC3)ccn12. The Morgan fingerprint density at radius 2 is 2.08 bits per heavy atom. The van der Waals surface area contributed by atoms with Crippen LogP contribution in [0.5, 0.6) is 5.75 Å². The number of carbonyl (C=O) groups is 1. The number of ether oxygens (including phenoxy) is 2. The smallest absolute Gasteiger partial charge is 0.274 e. The third-order valence-electron chi connectivity index (χ3n) is 7.44. The molecular formula is C29H34N6O4. The van der Waals surface area contributed by atoms with Crippen LogP contribution in [0.3, 0.4) is 0 Å². The molecule has 5 heterocycles. The predicted octanol–water partition coefficient (Wildman–Crippen LogP) is 4.53. The topological polar surface area (TPSA) is 107 Å². The lowest BCUT2D eigenvalue weighted by molar-refractivity contribution is 0.102. The summed E-state index contributed by atoms with van der Waals surface area (Å²) in [6.45, 7) is 6.85. The van der Waals surface area contributed by atoms with E-state index < -0.39 is 0 Å². The van der Waals surface area contributed by atoms with Gasteiger partial charge in [-0.25, -0.2) is 4.98 Å². The summed E-state index contributed by atoms with van der Waals surface area (Å²) in [6, 6.07) is 9.46. The zero-order chi connectivity index (χ0) is 26.6. The normalized spacial score (nSPS) is 17.7. The number of benzene rings is 1. The Hall–Kier alpha value is -3.76. The molecule has 2 saturated heterocycles. The van der Waals surface area contributed by atoms with Gasteiger partial charge < -0.3 is 24.2 Å². The molecule has 204 valence electrons. The van der Waals surface area contributed by atoms with E-state index in [9.17, 15) is 4.79 Å². The van der Waals surface area contributed by atoms with E-state index in [1.54, 1.807) is 10.6 Å². The molecule has 0 unspecified atom stereocenters. The van der Waals surface area contributed by atoms with Crippen LogP contribution in [0.25, 0.3) is 17.0 Å². The zero-order valence-corrected chi connectivity index (χ0v) is 22.3. The fraction of sp³-hybridized carbons (Fsp3) is 0.448. The van der Waals surface area contributed by atoms with Gasteiger partial charge in [-0.05, 0) is 69.8 Å². The molecule has 0 radical (unpaired) electrons. The number of fused-ring (bicyclic) bond motifs is 1. The maximum atomic E-state index is 13.2. The van der Waals surface area contributed by atoms with E-state index >= 15 is 0 Å². The van der Waals surface area contributed by atoms with Crippen LogP contribution in [0, 0.1) is 6.92 Å². The zero-order valence-electron chi connectivity index (χ0n) is 22.3. The average molecular weight is 531 g/mol. The molecule has 10 heteroatoms. The number of nitrogens with one attached hydrogen (secondary N) is 1. The van der Waals surface area contributed by atoms with Gasteiger partial charge in [0.15, 0.2) is 0 Å². The minimum atomic E-state index is -0.255. The number of hydrogen-bond donors (Lipinski definition) is 1. The van der Waals surface area contributed by atoms with Crippen molar-refractivity contribution in [2.75, 3.05) is 38.2 Å². The van der Waals surface area contributed by atoms with Crippen molar-refractivity contribution in [1.82, 2.24) is 24.4 Å². The minimum Gasteiger partial charge on any atom is -0.493 e. The third-order valence-corrected chi connectivity index (χ3v) is 7.44. The largest absolute Gasteiger partial charge is 0.493 e. The molecule has 1 aromatic carbocycles. The fourth-order valence-electron chi connectivity index (χ4n) is 5.24. The second-order valence-corrected chi connectivity index (χ2v) is 10.3. The van der Waals surface area contributed by atoms with Gasteiger partial charge in [-0.2, -0.15) is 4.98 Å². The number of nitrogens with zero attached hydrogens (tertiary/aromatic N) is 5. The number of amides is 1. The van der Waals surface area contributed by atoms with Gasteiger partial charge in [0.1, 0.15) is 17.1 Å². The molecule has 0 aliphatic carbocycles. The average Bonchev–Trinajstić information content (AvgIpc) is 3.76. The van der Waals surface area contributed by atoms with Crippen LogP contribution >= 0.6 is 0 Å². The van der Waals surface area contributed by atoms with E-state index in [0.29, 0.717) is 41.8 Å². The molecule has 4 aromatic rings. The van der Waals surface area contributed by atoms with Crippen molar-refractivity contribution < 1.29 is 18.8 Å². The van der Waals surface area contributed by atoms with Crippen molar-refractivity contribution in [2.45, 2.75) is 51.6 Å². The quantitative estimate of drug-likeness (QED) is 0.298. The third kappa shape index (κ3) is 5.97. The van der Waals surface area contributed by atoms with E-state index in [0.717, 1.165) is 49.3 Å². The van der Waals surface area contributed by atoms with E-state index in [1.165, 1.54) is 25.9 Å². The number of rotatable bonds is 10. The highest BCUT2D eigenvalue weighted by molar-refractivity contribution is 6.04. The van der Waals surface area contributed by atoms with Gasteiger partial charge >= 0.3 is 0 Å². The molecule has 6 rings (SSSR count). The lowest BCUT2D eigenvalue weighted by Gasteiger charge is -2.14.